The van der Waals surface area contributed by atoms with Crippen LogP contribution in [0.25, 0.3) is 6.08 Å². The van der Waals surface area contributed by atoms with E-state index in [0.717, 1.165) is 16.7 Å². The first kappa shape index (κ1) is 21.2. The standard InChI is InChI=1S/C22H20N2O5S/c1-3-12-29-17-10-6-4-8-15(17)13-19-21(26)24(22(27)30-19)14-20(25)23-16-9-5-7-11-18(16)28-2/h3-11,13H,1,12,14H2,2H3,(H,23,25)/b19-13-. The third-order valence-corrected chi connectivity index (χ3v) is 5.03. The largest absolute Gasteiger partial charge is 0.495 e. The topological polar surface area (TPSA) is 84.9 Å². The van der Waals surface area contributed by atoms with Crippen molar-refractivity contribution in [1.29, 1.82) is 0 Å². The van der Waals surface area contributed by atoms with Crippen LogP contribution in [0.4, 0.5) is 10.5 Å². The van der Waals surface area contributed by atoms with Crippen LogP contribution in [-0.4, -0.2) is 42.2 Å². The molecule has 3 rings (SSSR count). The number of para-hydroxylation sites is 3. The molecule has 8 heteroatoms. The number of carbonyl (C=O) groups is 3. The summed E-state index contributed by atoms with van der Waals surface area (Å²) >= 11 is 0.783. The SMILES string of the molecule is C=CCOc1ccccc1/C=C1\SC(=O)N(CC(=O)Nc2ccccc2OC)C1=O. The lowest BCUT2D eigenvalue weighted by Crippen LogP contribution is -2.36. The van der Waals surface area contributed by atoms with Crippen molar-refractivity contribution < 1.29 is 23.9 Å². The predicted molar refractivity (Wildman–Crippen MR) is 116 cm³/mol. The lowest BCUT2D eigenvalue weighted by Gasteiger charge is -2.14. The highest BCUT2D eigenvalue weighted by atomic mass is 32.2. The first-order valence-electron chi connectivity index (χ1n) is 9.04. The lowest BCUT2D eigenvalue weighted by atomic mass is 10.2. The minimum atomic E-state index is -0.529. The van der Waals surface area contributed by atoms with E-state index in [0.29, 0.717) is 29.4 Å². The molecule has 0 saturated carbocycles. The average molecular weight is 424 g/mol. The molecule has 2 aromatic rings. The number of amides is 3. The molecule has 1 aliphatic heterocycles. The fourth-order valence-electron chi connectivity index (χ4n) is 2.74. The van der Waals surface area contributed by atoms with Gasteiger partial charge in [0, 0.05) is 5.56 Å². The van der Waals surface area contributed by atoms with E-state index in [1.807, 2.05) is 6.07 Å². The van der Waals surface area contributed by atoms with Crippen LogP contribution in [0.2, 0.25) is 0 Å². The minimum absolute atomic E-state index is 0.222. The van der Waals surface area contributed by atoms with Crippen LogP contribution >= 0.6 is 11.8 Å². The van der Waals surface area contributed by atoms with Gasteiger partial charge in [-0.15, -0.1) is 0 Å². The second-order valence-electron chi connectivity index (χ2n) is 6.15. The normalized spacial score (nSPS) is 14.7. The molecule has 0 spiro atoms. The molecular formula is C22H20N2O5S. The number of imide groups is 1. The van der Waals surface area contributed by atoms with Gasteiger partial charge < -0.3 is 14.8 Å². The zero-order chi connectivity index (χ0) is 21.5. The molecule has 0 atom stereocenters. The fraction of sp³-hybridized carbons (Fsp3) is 0.136. The summed E-state index contributed by atoms with van der Waals surface area (Å²) in [5.41, 5.74) is 1.11. The van der Waals surface area contributed by atoms with Gasteiger partial charge in [-0.1, -0.05) is 43.0 Å². The summed E-state index contributed by atoms with van der Waals surface area (Å²) in [4.78, 5) is 38.6. The highest BCUT2D eigenvalue weighted by molar-refractivity contribution is 8.18. The van der Waals surface area contributed by atoms with E-state index in [-0.39, 0.29) is 4.91 Å². The summed E-state index contributed by atoms with van der Waals surface area (Å²) in [6.45, 7) is 3.53. The number of carbonyl (C=O) groups excluding carboxylic acids is 3. The zero-order valence-corrected chi connectivity index (χ0v) is 17.1. The maximum Gasteiger partial charge on any atom is 0.294 e. The van der Waals surface area contributed by atoms with Crippen LogP contribution in [0.15, 0.2) is 66.1 Å². The van der Waals surface area contributed by atoms with Crippen molar-refractivity contribution in [2.75, 3.05) is 25.6 Å². The van der Waals surface area contributed by atoms with Crippen molar-refractivity contribution in [2.45, 2.75) is 0 Å². The van der Waals surface area contributed by atoms with E-state index in [1.165, 1.54) is 7.11 Å². The van der Waals surface area contributed by atoms with Gasteiger partial charge in [0.2, 0.25) is 5.91 Å². The maximum atomic E-state index is 12.7. The third kappa shape index (κ3) is 4.90. The Kier molecular flexibility index (Phi) is 6.92. The molecule has 0 aliphatic carbocycles. The molecule has 0 unspecified atom stereocenters. The molecule has 3 amide bonds. The molecule has 1 heterocycles. The molecule has 0 bridgehead atoms. The monoisotopic (exact) mass is 424 g/mol. The Morgan fingerprint density at radius 2 is 1.83 bits per heavy atom. The average Bonchev–Trinajstić information content (AvgIpc) is 3.01. The van der Waals surface area contributed by atoms with E-state index < -0.39 is 23.6 Å². The molecule has 30 heavy (non-hydrogen) atoms. The second-order valence-corrected chi connectivity index (χ2v) is 7.15. The maximum absolute atomic E-state index is 12.7. The summed E-state index contributed by atoms with van der Waals surface area (Å²) < 4.78 is 10.8. The quantitative estimate of drug-likeness (QED) is 0.510. The van der Waals surface area contributed by atoms with Gasteiger partial charge in [-0.05, 0) is 36.0 Å². The Bertz CT molecular complexity index is 1020. The molecule has 154 valence electrons. The van der Waals surface area contributed by atoms with Gasteiger partial charge in [0.15, 0.2) is 0 Å². The Labute approximate surface area is 178 Å². The van der Waals surface area contributed by atoms with E-state index in [4.69, 9.17) is 9.47 Å². The van der Waals surface area contributed by atoms with Crippen LogP contribution in [0.1, 0.15) is 5.56 Å². The number of ether oxygens (including phenoxy) is 2. The second kappa shape index (κ2) is 9.80. The summed E-state index contributed by atoms with van der Waals surface area (Å²) in [7, 11) is 1.49. The van der Waals surface area contributed by atoms with Crippen LogP contribution in [0, 0.1) is 0 Å². The van der Waals surface area contributed by atoms with Gasteiger partial charge in [-0.25, -0.2) is 0 Å². The van der Waals surface area contributed by atoms with E-state index in [2.05, 4.69) is 11.9 Å². The number of hydrogen-bond acceptors (Lipinski definition) is 6. The van der Waals surface area contributed by atoms with Crippen molar-refractivity contribution in [2.24, 2.45) is 0 Å². The van der Waals surface area contributed by atoms with Crippen LogP contribution in [0.5, 0.6) is 11.5 Å². The first-order chi connectivity index (χ1) is 14.5. The van der Waals surface area contributed by atoms with Gasteiger partial charge in [0.1, 0.15) is 24.7 Å². The van der Waals surface area contributed by atoms with E-state index >= 15 is 0 Å². The van der Waals surface area contributed by atoms with Gasteiger partial charge in [-0.2, -0.15) is 0 Å². The summed E-state index contributed by atoms with van der Waals surface area (Å²) in [6, 6.07) is 14.0. The highest BCUT2D eigenvalue weighted by Crippen LogP contribution is 2.34. The predicted octanol–water partition coefficient (Wildman–Crippen LogP) is 3.94. The molecule has 1 fully saturated rings. The molecule has 1 saturated heterocycles. The number of anilines is 1. The third-order valence-electron chi connectivity index (χ3n) is 4.12. The van der Waals surface area contributed by atoms with Gasteiger partial charge in [-0.3, -0.25) is 19.3 Å². The molecule has 2 aromatic carbocycles. The molecular weight excluding hydrogens is 404 g/mol. The van der Waals surface area contributed by atoms with E-state index in [9.17, 15) is 14.4 Å². The number of thioether (sulfide) groups is 1. The van der Waals surface area contributed by atoms with Crippen molar-refractivity contribution in [3.05, 3.63) is 71.7 Å². The lowest BCUT2D eigenvalue weighted by molar-refractivity contribution is -0.127. The van der Waals surface area contributed by atoms with Crippen LogP contribution in [-0.2, 0) is 9.59 Å². The molecule has 0 aromatic heterocycles. The molecule has 0 radical (unpaired) electrons. The molecule has 1 N–H and O–H groups in total. The van der Waals surface area contributed by atoms with Crippen LogP contribution < -0.4 is 14.8 Å². The zero-order valence-electron chi connectivity index (χ0n) is 16.3. The highest BCUT2D eigenvalue weighted by Gasteiger charge is 2.36. The smallest absolute Gasteiger partial charge is 0.294 e. The van der Waals surface area contributed by atoms with Crippen LogP contribution in [0.3, 0.4) is 0 Å². The van der Waals surface area contributed by atoms with Crippen molar-refractivity contribution in [1.82, 2.24) is 4.90 Å². The summed E-state index contributed by atoms with van der Waals surface area (Å²) in [6.07, 6.45) is 3.20. The number of benzene rings is 2. The minimum Gasteiger partial charge on any atom is -0.495 e. The first-order valence-corrected chi connectivity index (χ1v) is 9.86. The van der Waals surface area contributed by atoms with Gasteiger partial charge >= 0.3 is 0 Å². The number of nitrogens with one attached hydrogen (secondary N) is 1. The fourth-order valence-corrected chi connectivity index (χ4v) is 3.57. The van der Waals surface area contributed by atoms with Crippen molar-refractivity contribution >= 4 is 40.6 Å². The number of hydrogen-bond donors (Lipinski definition) is 1. The Hall–Kier alpha value is -3.52. The number of rotatable bonds is 8. The summed E-state index contributed by atoms with van der Waals surface area (Å²) in [5, 5.41) is 2.15. The number of nitrogens with zero attached hydrogens (tertiary/aromatic N) is 1. The summed E-state index contributed by atoms with van der Waals surface area (Å²) in [5.74, 6) is 0.0191. The number of methoxy groups -OCH3 is 1. The Morgan fingerprint density at radius 1 is 1.13 bits per heavy atom. The van der Waals surface area contributed by atoms with Crippen molar-refractivity contribution in [3.8, 4) is 11.5 Å². The molecule has 1 aliphatic rings. The Balaban J connectivity index is 1.73. The van der Waals surface area contributed by atoms with Gasteiger partial charge in [0.05, 0.1) is 17.7 Å². The van der Waals surface area contributed by atoms with Crippen molar-refractivity contribution in [3.63, 3.8) is 0 Å². The van der Waals surface area contributed by atoms with Gasteiger partial charge in [0.25, 0.3) is 11.1 Å². The molecule has 7 nitrogen and oxygen atoms in total. The van der Waals surface area contributed by atoms with E-state index in [1.54, 1.807) is 54.6 Å². The Morgan fingerprint density at radius 3 is 2.57 bits per heavy atom.